The number of carbonyl (C=O) groups excluding carboxylic acids is 2. The summed E-state index contributed by atoms with van der Waals surface area (Å²) in [6.45, 7) is -0.239. The number of rotatable bonds is 6. The number of para-hydroxylation sites is 1. The van der Waals surface area contributed by atoms with Crippen molar-refractivity contribution in [3.8, 4) is 11.3 Å². The molecular formula is C21H12ClN3O7S. The molecule has 0 aliphatic carbocycles. The van der Waals surface area contributed by atoms with Gasteiger partial charge in [0, 0.05) is 29.3 Å². The predicted molar refractivity (Wildman–Crippen MR) is 120 cm³/mol. The van der Waals surface area contributed by atoms with Gasteiger partial charge < -0.3 is 4.42 Å². The van der Waals surface area contributed by atoms with Crippen molar-refractivity contribution < 1.29 is 23.9 Å². The molecule has 1 aliphatic rings. The lowest BCUT2D eigenvalue weighted by Gasteiger charge is -2.12. The average molecular weight is 486 g/mol. The van der Waals surface area contributed by atoms with Crippen molar-refractivity contribution in [1.29, 1.82) is 0 Å². The summed E-state index contributed by atoms with van der Waals surface area (Å²) < 4.78 is 5.67. The number of imide groups is 1. The van der Waals surface area contributed by atoms with Crippen LogP contribution in [0.3, 0.4) is 0 Å². The van der Waals surface area contributed by atoms with E-state index in [0.29, 0.717) is 23.1 Å². The van der Waals surface area contributed by atoms with Gasteiger partial charge in [-0.25, -0.2) is 0 Å². The molecule has 10 nitrogen and oxygen atoms in total. The molecule has 33 heavy (non-hydrogen) atoms. The van der Waals surface area contributed by atoms with E-state index in [0.717, 1.165) is 4.90 Å². The summed E-state index contributed by atoms with van der Waals surface area (Å²) in [7, 11) is 0. The molecule has 1 fully saturated rings. The van der Waals surface area contributed by atoms with Crippen molar-refractivity contribution in [2.75, 3.05) is 0 Å². The van der Waals surface area contributed by atoms with E-state index in [1.165, 1.54) is 36.4 Å². The first-order chi connectivity index (χ1) is 15.7. The van der Waals surface area contributed by atoms with Crippen LogP contribution in [0.25, 0.3) is 17.4 Å². The predicted octanol–water partition coefficient (Wildman–Crippen LogP) is 5.65. The number of nitro benzene ring substituents is 2. The van der Waals surface area contributed by atoms with Crippen molar-refractivity contribution in [2.45, 2.75) is 6.54 Å². The molecule has 0 atom stereocenters. The van der Waals surface area contributed by atoms with Crippen molar-refractivity contribution >= 4 is 52.0 Å². The molecule has 0 bridgehead atoms. The van der Waals surface area contributed by atoms with Crippen LogP contribution in [-0.2, 0) is 11.3 Å². The summed E-state index contributed by atoms with van der Waals surface area (Å²) in [5.41, 5.74) is 0.183. The van der Waals surface area contributed by atoms with E-state index in [4.69, 9.17) is 16.0 Å². The van der Waals surface area contributed by atoms with E-state index in [9.17, 15) is 29.8 Å². The maximum atomic E-state index is 12.8. The molecule has 0 saturated carbocycles. The number of amides is 2. The first-order valence-electron chi connectivity index (χ1n) is 9.26. The summed E-state index contributed by atoms with van der Waals surface area (Å²) in [5, 5.41) is 21.7. The number of thioether (sulfide) groups is 1. The highest BCUT2D eigenvalue weighted by Gasteiger charge is 2.36. The van der Waals surface area contributed by atoms with Gasteiger partial charge in [-0.15, -0.1) is 0 Å². The Kier molecular flexibility index (Phi) is 5.99. The Morgan fingerprint density at radius 1 is 1.00 bits per heavy atom. The highest BCUT2D eigenvalue weighted by Crippen LogP contribution is 2.36. The van der Waals surface area contributed by atoms with Crippen LogP contribution in [0.1, 0.15) is 11.3 Å². The zero-order valence-electron chi connectivity index (χ0n) is 16.5. The molecule has 166 valence electrons. The Bertz CT molecular complexity index is 1350. The van der Waals surface area contributed by atoms with Crippen LogP contribution in [0.5, 0.6) is 0 Å². The first-order valence-corrected chi connectivity index (χ1v) is 10.5. The van der Waals surface area contributed by atoms with Gasteiger partial charge in [0.05, 0.1) is 21.3 Å². The van der Waals surface area contributed by atoms with E-state index in [1.807, 2.05) is 0 Å². The minimum Gasteiger partial charge on any atom is -0.457 e. The Morgan fingerprint density at radius 2 is 1.73 bits per heavy atom. The van der Waals surface area contributed by atoms with Crippen LogP contribution < -0.4 is 0 Å². The fraction of sp³-hybridized carbons (Fsp3) is 0.0476. The zero-order chi connectivity index (χ0) is 23.7. The van der Waals surface area contributed by atoms with Gasteiger partial charge in [0.15, 0.2) is 0 Å². The molecule has 0 radical (unpaired) electrons. The minimum absolute atomic E-state index is 0.0112. The standard InChI is InChI=1S/C21H12ClN3O7S/c22-15-7-5-12(9-17(15)25(30)31)18-8-6-14(32-18)10-19-20(26)23(21(27)33-19)11-13-3-1-2-4-16(13)24(28)29/h1-10H,11H2/b19-10+. The lowest BCUT2D eigenvalue weighted by Crippen LogP contribution is -2.27. The van der Waals surface area contributed by atoms with Crippen molar-refractivity contribution in [1.82, 2.24) is 4.90 Å². The lowest BCUT2D eigenvalue weighted by atomic mass is 10.1. The Morgan fingerprint density at radius 3 is 2.45 bits per heavy atom. The van der Waals surface area contributed by atoms with Gasteiger partial charge in [0.2, 0.25) is 0 Å². The van der Waals surface area contributed by atoms with E-state index in [-0.39, 0.29) is 39.2 Å². The Labute approximate surface area is 194 Å². The summed E-state index contributed by atoms with van der Waals surface area (Å²) >= 11 is 6.52. The molecule has 2 heterocycles. The molecule has 4 rings (SSSR count). The van der Waals surface area contributed by atoms with Gasteiger partial charge >= 0.3 is 0 Å². The molecule has 2 amide bonds. The van der Waals surface area contributed by atoms with Crippen LogP contribution in [0.2, 0.25) is 5.02 Å². The normalized spacial score (nSPS) is 14.8. The molecule has 1 aromatic heterocycles. The van der Waals surface area contributed by atoms with E-state index < -0.39 is 21.0 Å². The summed E-state index contributed by atoms with van der Waals surface area (Å²) in [6.07, 6.45) is 1.37. The third kappa shape index (κ3) is 4.49. The van der Waals surface area contributed by atoms with Gasteiger partial charge in [0.1, 0.15) is 16.5 Å². The average Bonchev–Trinajstić information content (AvgIpc) is 3.34. The lowest BCUT2D eigenvalue weighted by molar-refractivity contribution is -0.385. The second-order valence-electron chi connectivity index (χ2n) is 6.78. The van der Waals surface area contributed by atoms with Crippen molar-refractivity contribution in [2.24, 2.45) is 0 Å². The number of nitro groups is 2. The molecular weight excluding hydrogens is 474 g/mol. The Balaban J connectivity index is 1.57. The zero-order valence-corrected chi connectivity index (χ0v) is 18.0. The van der Waals surface area contributed by atoms with Crippen molar-refractivity contribution in [3.05, 3.63) is 96.1 Å². The fourth-order valence-electron chi connectivity index (χ4n) is 3.15. The molecule has 0 unspecified atom stereocenters. The van der Waals surface area contributed by atoms with Gasteiger partial charge in [-0.2, -0.15) is 0 Å². The maximum Gasteiger partial charge on any atom is 0.293 e. The number of nitrogens with zero attached hydrogens (tertiary/aromatic N) is 3. The molecule has 0 N–H and O–H groups in total. The smallest absolute Gasteiger partial charge is 0.293 e. The molecule has 1 saturated heterocycles. The number of hydrogen-bond donors (Lipinski definition) is 0. The summed E-state index contributed by atoms with van der Waals surface area (Å²) in [6, 6.07) is 13.2. The summed E-state index contributed by atoms with van der Waals surface area (Å²) in [4.78, 5) is 47.3. The van der Waals surface area contributed by atoms with Gasteiger partial charge in [0.25, 0.3) is 22.5 Å². The summed E-state index contributed by atoms with van der Waals surface area (Å²) in [5.74, 6) is -0.0535. The van der Waals surface area contributed by atoms with E-state index >= 15 is 0 Å². The topological polar surface area (TPSA) is 137 Å². The number of hydrogen-bond acceptors (Lipinski definition) is 8. The quantitative estimate of drug-likeness (QED) is 0.248. The minimum atomic E-state index is -0.608. The number of carbonyl (C=O) groups is 2. The molecule has 0 spiro atoms. The first kappa shape index (κ1) is 22.2. The molecule has 12 heteroatoms. The molecule has 2 aromatic carbocycles. The maximum absolute atomic E-state index is 12.8. The number of benzene rings is 2. The fourth-order valence-corrected chi connectivity index (χ4v) is 4.15. The van der Waals surface area contributed by atoms with Gasteiger partial charge in [-0.3, -0.25) is 34.7 Å². The van der Waals surface area contributed by atoms with Crippen LogP contribution in [0.15, 0.2) is 63.9 Å². The van der Waals surface area contributed by atoms with E-state index in [2.05, 4.69) is 0 Å². The van der Waals surface area contributed by atoms with E-state index in [1.54, 1.807) is 24.3 Å². The largest absolute Gasteiger partial charge is 0.457 e. The third-order valence-corrected chi connectivity index (χ3v) is 5.94. The monoisotopic (exact) mass is 485 g/mol. The SMILES string of the molecule is O=C1S/C(=C/c2ccc(-c3ccc(Cl)c([N+](=O)[O-])c3)o2)C(=O)N1Cc1ccccc1[N+](=O)[O-]. The molecule has 3 aromatic rings. The van der Waals surface area contributed by atoms with Gasteiger partial charge in [-0.1, -0.05) is 29.8 Å². The van der Waals surface area contributed by atoms with Crippen LogP contribution in [0.4, 0.5) is 16.2 Å². The number of halogens is 1. The highest BCUT2D eigenvalue weighted by atomic mass is 35.5. The second kappa shape index (κ2) is 8.88. The number of furan rings is 1. The molecule has 1 aliphatic heterocycles. The third-order valence-electron chi connectivity index (χ3n) is 4.72. The highest BCUT2D eigenvalue weighted by molar-refractivity contribution is 8.18. The van der Waals surface area contributed by atoms with Crippen LogP contribution >= 0.6 is 23.4 Å². The van der Waals surface area contributed by atoms with Crippen LogP contribution in [0, 0.1) is 20.2 Å². The van der Waals surface area contributed by atoms with Crippen molar-refractivity contribution in [3.63, 3.8) is 0 Å². The van der Waals surface area contributed by atoms with Gasteiger partial charge in [-0.05, 0) is 36.0 Å². The van der Waals surface area contributed by atoms with Crippen LogP contribution in [-0.4, -0.2) is 25.9 Å². The Hall–Kier alpha value is -3.96. The second-order valence-corrected chi connectivity index (χ2v) is 8.18.